The Labute approximate surface area is 124 Å². The summed E-state index contributed by atoms with van der Waals surface area (Å²) in [5, 5.41) is 9.49. The van der Waals surface area contributed by atoms with E-state index in [0.717, 1.165) is 41.3 Å². The van der Waals surface area contributed by atoms with Crippen LogP contribution in [0.25, 0.3) is 0 Å². The first-order chi connectivity index (χ1) is 9.19. The second-order valence-corrected chi connectivity index (χ2v) is 6.37. The standard InChI is InChI=1S/C14H20N2OS2/c1-2-19-12-7-3-6-11(13(12)14(15)18)16-8-4-5-10(16)9-17/h3,6-7,10,17H,2,4-5,8-9H2,1H3,(H2,15,18). The number of anilines is 1. The number of thiocarbonyl (C=S) groups is 1. The van der Waals surface area contributed by atoms with Gasteiger partial charge in [0, 0.05) is 22.7 Å². The summed E-state index contributed by atoms with van der Waals surface area (Å²) in [4.78, 5) is 3.82. The van der Waals surface area contributed by atoms with Crippen molar-refractivity contribution in [3.63, 3.8) is 0 Å². The van der Waals surface area contributed by atoms with E-state index in [1.807, 2.05) is 6.07 Å². The smallest absolute Gasteiger partial charge is 0.107 e. The minimum atomic E-state index is 0.182. The van der Waals surface area contributed by atoms with Crippen molar-refractivity contribution in [2.75, 3.05) is 23.8 Å². The summed E-state index contributed by atoms with van der Waals surface area (Å²) in [6.45, 7) is 3.26. The van der Waals surface area contributed by atoms with Gasteiger partial charge in [0.05, 0.1) is 12.6 Å². The van der Waals surface area contributed by atoms with E-state index in [-0.39, 0.29) is 12.6 Å². The molecule has 1 unspecified atom stereocenters. The average molecular weight is 296 g/mol. The molecule has 0 aliphatic carbocycles. The van der Waals surface area contributed by atoms with Gasteiger partial charge in [-0.3, -0.25) is 0 Å². The van der Waals surface area contributed by atoms with Gasteiger partial charge < -0.3 is 15.7 Å². The minimum Gasteiger partial charge on any atom is -0.394 e. The first kappa shape index (κ1) is 14.6. The highest BCUT2D eigenvalue weighted by Gasteiger charge is 2.27. The number of aliphatic hydroxyl groups excluding tert-OH is 1. The lowest BCUT2D eigenvalue weighted by atomic mass is 10.1. The van der Waals surface area contributed by atoms with Crippen molar-refractivity contribution in [3.05, 3.63) is 23.8 Å². The molecule has 1 fully saturated rings. The molecule has 2 rings (SSSR count). The topological polar surface area (TPSA) is 49.5 Å². The Morgan fingerprint density at radius 2 is 2.37 bits per heavy atom. The number of nitrogens with two attached hydrogens (primary N) is 1. The van der Waals surface area contributed by atoms with Gasteiger partial charge in [-0.15, -0.1) is 11.8 Å². The Hall–Kier alpha value is -0.780. The van der Waals surface area contributed by atoms with Crippen LogP contribution in [0.4, 0.5) is 5.69 Å². The van der Waals surface area contributed by atoms with Gasteiger partial charge in [0.25, 0.3) is 0 Å². The molecule has 0 amide bonds. The molecule has 1 saturated heterocycles. The number of hydrogen-bond acceptors (Lipinski definition) is 4. The summed E-state index contributed by atoms with van der Waals surface area (Å²) in [6.07, 6.45) is 2.13. The fourth-order valence-corrected chi connectivity index (χ4v) is 3.75. The quantitative estimate of drug-likeness (QED) is 0.645. The average Bonchev–Trinajstić information content (AvgIpc) is 2.86. The molecule has 1 aromatic rings. The van der Waals surface area contributed by atoms with Crippen LogP contribution in [-0.2, 0) is 0 Å². The zero-order valence-electron chi connectivity index (χ0n) is 11.1. The highest BCUT2D eigenvalue weighted by Crippen LogP contribution is 2.34. The summed E-state index contributed by atoms with van der Waals surface area (Å²) in [5.74, 6) is 0.989. The van der Waals surface area contributed by atoms with Gasteiger partial charge in [-0.05, 0) is 30.7 Å². The van der Waals surface area contributed by atoms with Crippen LogP contribution in [0.5, 0.6) is 0 Å². The molecule has 1 heterocycles. The number of aliphatic hydroxyl groups is 1. The van der Waals surface area contributed by atoms with Crippen molar-refractivity contribution < 1.29 is 5.11 Å². The van der Waals surface area contributed by atoms with E-state index < -0.39 is 0 Å². The number of thioether (sulfide) groups is 1. The second kappa shape index (κ2) is 6.59. The van der Waals surface area contributed by atoms with E-state index in [1.54, 1.807) is 11.8 Å². The monoisotopic (exact) mass is 296 g/mol. The highest BCUT2D eigenvalue weighted by atomic mass is 32.2. The molecule has 0 radical (unpaired) electrons. The largest absolute Gasteiger partial charge is 0.394 e. The second-order valence-electron chi connectivity index (χ2n) is 4.62. The maximum atomic E-state index is 9.49. The van der Waals surface area contributed by atoms with Gasteiger partial charge in [-0.25, -0.2) is 0 Å². The van der Waals surface area contributed by atoms with Crippen molar-refractivity contribution >= 4 is 34.7 Å². The molecule has 104 valence electrons. The van der Waals surface area contributed by atoms with Crippen LogP contribution in [0.2, 0.25) is 0 Å². The molecule has 5 heteroatoms. The van der Waals surface area contributed by atoms with Crippen LogP contribution in [0, 0.1) is 0 Å². The van der Waals surface area contributed by atoms with Crippen molar-refractivity contribution in [2.45, 2.75) is 30.7 Å². The van der Waals surface area contributed by atoms with Crippen molar-refractivity contribution in [1.82, 2.24) is 0 Å². The summed E-state index contributed by atoms with van der Waals surface area (Å²) in [6, 6.07) is 6.36. The van der Waals surface area contributed by atoms with Crippen LogP contribution in [0.1, 0.15) is 25.3 Å². The summed E-state index contributed by atoms with van der Waals surface area (Å²) >= 11 is 6.99. The van der Waals surface area contributed by atoms with Gasteiger partial charge in [-0.2, -0.15) is 0 Å². The number of rotatable bonds is 5. The highest BCUT2D eigenvalue weighted by molar-refractivity contribution is 7.99. The van der Waals surface area contributed by atoms with Gasteiger partial charge in [-0.1, -0.05) is 25.2 Å². The summed E-state index contributed by atoms with van der Waals surface area (Å²) in [5.41, 5.74) is 7.96. The SMILES string of the molecule is CCSc1cccc(N2CCCC2CO)c1C(N)=S. The fraction of sp³-hybridized carbons (Fsp3) is 0.500. The Balaban J connectivity index is 2.44. The molecule has 3 nitrogen and oxygen atoms in total. The minimum absolute atomic E-state index is 0.182. The number of benzene rings is 1. The van der Waals surface area contributed by atoms with Gasteiger partial charge in [0.2, 0.25) is 0 Å². The van der Waals surface area contributed by atoms with Crippen LogP contribution in [0.15, 0.2) is 23.1 Å². The molecule has 0 saturated carbocycles. The molecule has 19 heavy (non-hydrogen) atoms. The van der Waals surface area contributed by atoms with Gasteiger partial charge >= 0.3 is 0 Å². The number of hydrogen-bond donors (Lipinski definition) is 2. The van der Waals surface area contributed by atoms with Crippen LogP contribution < -0.4 is 10.6 Å². The molecule has 3 N–H and O–H groups in total. The fourth-order valence-electron chi connectivity index (χ4n) is 2.62. The maximum absolute atomic E-state index is 9.49. The van der Waals surface area contributed by atoms with E-state index in [9.17, 15) is 5.11 Å². The lowest BCUT2D eigenvalue weighted by molar-refractivity contribution is 0.266. The van der Waals surface area contributed by atoms with Crippen LogP contribution in [0.3, 0.4) is 0 Å². The molecular formula is C14H20N2OS2. The van der Waals surface area contributed by atoms with E-state index >= 15 is 0 Å². The Bertz CT molecular complexity index is 465. The van der Waals surface area contributed by atoms with Crippen molar-refractivity contribution in [2.24, 2.45) is 5.73 Å². The van der Waals surface area contributed by atoms with Crippen molar-refractivity contribution in [1.29, 1.82) is 0 Å². The third-order valence-electron chi connectivity index (χ3n) is 3.45. The number of nitrogens with zero attached hydrogens (tertiary/aromatic N) is 1. The van der Waals surface area contributed by atoms with Crippen LogP contribution >= 0.6 is 24.0 Å². The molecule has 1 atom stereocenters. The van der Waals surface area contributed by atoms with E-state index in [0.29, 0.717) is 4.99 Å². The molecule has 0 aromatic heterocycles. The summed E-state index contributed by atoms with van der Waals surface area (Å²) < 4.78 is 0. The maximum Gasteiger partial charge on any atom is 0.107 e. The Kier molecular flexibility index (Phi) is 5.07. The zero-order valence-corrected chi connectivity index (χ0v) is 12.8. The Morgan fingerprint density at radius 1 is 1.58 bits per heavy atom. The summed E-state index contributed by atoms with van der Waals surface area (Å²) in [7, 11) is 0. The van der Waals surface area contributed by atoms with Gasteiger partial charge in [0.1, 0.15) is 4.99 Å². The molecule has 0 spiro atoms. The predicted octanol–water partition coefficient (Wildman–Crippen LogP) is 2.39. The molecule has 0 bridgehead atoms. The van der Waals surface area contributed by atoms with E-state index in [4.69, 9.17) is 18.0 Å². The molecular weight excluding hydrogens is 276 g/mol. The predicted molar refractivity (Wildman–Crippen MR) is 86.2 cm³/mol. The third-order valence-corrected chi connectivity index (χ3v) is 4.59. The molecule has 1 aromatic carbocycles. The Morgan fingerprint density at radius 3 is 3.00 bits per heavy atom. The third kappa shape index (κ3) is 3.04. The van der Waals surface area contributed by atoms with E-state index in [1.165, 1.54) is 0 Å². The van der Waals surface area contributed by atoms with E-state index in [2.05, 4.69) is 24.0 Å². The normalized spacial score (nSPS) is 18.8. The lowest BCUT2D eigenvalue weighted by Gasteiger charge is -2.28. The molecule has 1 aliphatic heterocycles. The molecule has 1 aliphatic rings. The first-order valence-electron chi connectivity index (χ1n) is 6.62. The van der Waals surface area contributed by atoms with Gasteiger partial charge in [0.15, 0.2) is 0 Å². The lowest BCUT2D eigenvalue weighted by Crippen LogP contribution is -2.33. The zero-order chi connectivity index (χ0) is 13.8. The van der Waals surface area contributed by atoms with Crippen molar-refractivity contribution in [3.8, 4) is 0 Å². The van der Waals surface area contributed by atoms with Crippen LogP contribution in [-0.4, -0.2) is 35.0 Å². The first-order valence-corrected chi connectivity index (χ1v) is 8.01.